The summed E-state index contributed by atoms with van der Waals surface area (Å²) in [4.78, 5) is 33.5. The number of carboxylic acids is 1. The number of aliphatic carboxylic acids is 1. The van der Waals surface area contributed by atoms with E-state index in [2.05, 4.69) is 5.32 Å². The van der Waals surface area contributed by atoms with Crippen LogP contribution >= 0.6 is 0 Å². The fraction of sp³-hybridized carbons (Fsp3) is 0.688. The van der Waals surface area contributed by atoms with E-state index < -0.39 is 47.5 Å². The maximum absolute atomic E-state index is 11.5. The van der Waals surface area contributed by atoms with Gasteiger partial charge in [0.05, 0.1) is 19.3 Å². The van der Waals surface area contributed by atoms with Gasteiger partial charge in [0.2, 0.25) is 0 Å². The first-order valence-corrected chi connectivity index (χ1v) is 8.50. The van der Waals surface area contributed by atoms with Crippen LogP contribution in [0.5, 0.6) is 5.75 Å². The number of aliphatic hydroxyl groups is 3. The lowest BCUT2D eigenvalue weighted by molar-refractivity contribution is -0.296. The first-order chi connectivity index (χ1) is 12.8. The van der Waals surface area contributed by atoms with Gasteiger partial charge in [0, 0.05) is 13.0 Å². The van der Waals surface area contributed by atoms with Gasteiger partial charge in [0.25, 0.3) is 10.9 Å². The third-order valence-corrected chi connectivity index (χ3v) is 4.15. The van der Waals surface area contributed by atoms with Crippen LogP contribution in [-0.2, 0) is 14.3 Å². The Bertz CT molecular complexity index is 712. The topological polar surface area (TPSA) is 172 Å². The maximum atomic E-state index is 11.5. The average Bonchev–Trinajstić information content (AvgIpc) is 2.65. The molecule has 1 aliphatic heterocycles. The third kappa shape index (κ3) is 4.82. The number of hydrogen-bond donors (Lipinski definition) is 5. The molecule has 0 aromatic heterocycles. The van der Waals surface area contributed by atoms with Crippen LogP contribution in [0.4, 0.5) is 5.69 Å². The van der Waals surface area contributed by atoms with Crippen LogP contribution in [0.1, 0.15) is 19.8 Å². The fourth-order valence-corrected chi connectivity index (χ4v) is 2.72. The standard InChI is InChI=1S/C16H23NO10/c1-2-25-15-9(11(21)13(15)23)17-5-6-26-16-14(24)12(22)10(20)7(27-16)3-4-8(18)19/h7,10,12,14,16-17,20,22,24H,2-6H2,1H3,(H,18,19)/t7?,10-,12+,14?,16+/m1/s1. The molecule has 0 radical (unpaired) electrons. The molecule has 11 nitrogen and oxygen atoms in total. The van der Waals surface area contributed by atoms with E-state index in [1.54, 1.807) is 6.92 Å². The lowest BCUT2D eigenvalue weighted by Gasteiger charge is -2.40. The first-order valence-electron chi connectivity index (χ1n) is 8.50. The van der Waals surface area contributed by atoms with E-state index in [4.69, 9.17) is 19.3 Å². The minimum Gasteiger partial charge on any atom is -0.488 e. The van der Waals surface area contributed by atoms with Crippen molar-refractivity contribution in [1.82, 2.24) is 0 Å². The highest BCUT2D eigenvalue weighted by Gasteiger charge is 2.44. The number of carbonyl (C=O) groups is 1. The lowest BCUT2D eigenvalue weighted by Crippen LogP contribution is -2.58. The molecule has 2 rings (SSSR count). The third-order valence-electron chi connectivity index (χ3n) is 4.15. The molecule has 152 valence electrons. The van der Waals surface area contributed by atoms with Gasteiger partial charge >= 0.3 is 5.97 Å². The first kappa shape index (κ1) is 21.3. The minimum absolute atomic E-state index is 0.0382. The Labute approximate surface area is 153 Å². The summed E-state index contributed by atoms with van der Waals surface area (Å²) in [7, 11) is 0. The molecule has 1 aromatic carbocycles. The summed E-state index contributed by atoms with van der Waals surface area (Å²) in [5.41, 5.74) is -1.35. The van der Waals surface area contributed by atoms with Gasteiger partial charge in [-0.1, -0.05) is 0 Å². The van der Waals surface area contributed by atoms with Crippen molar-refractivity contribution >= 4 is 11.7 Å². The van der Waals surface area contributed by atoms with E-state index in [1.807, 2.05) is 0 Å². The van der Waals surface area contributed by atoms with Gasteiger partial charge in [-0.15, -0.1) is 0 Å². The van der Waals surface area contributed by atoms with E-state index in [9.17, 15) is 29.7 Å². The Morgan fingerprint density at radius 1 is 1.15 bits per heavy atom. The van der Waals surface area contributed by atoms with Crippen LogP contribution in [0.3, 0.4) is 0 Å². The molecule has 1 heterocycles. The molecule has 1 aromatic rings. The average molecular weight is 389 g/mol. The molecular weight excluding hydrogens is 366 g/mol. The number of aliphatic hydroxyl groups excluding tert-OH is 3. The van der Waals surface area contributed by atoms with Crippen molar-refractivity contribution in [3.8, 4) is 5.75 Å². The zero-order valence-corrected chi connectivity index (χ0v) is 14.7. The normalized spacial score (nSPS) is 28.2. The molecule has 2 unspecified atom stereocenters. The van der Waals surface area contributed by atoms with Gasteiger partial charge in [0.1, 0.15) is 24.0 Å². The fourth-order valence-electron chi connectivity index (χ4n) is 2.72. The Kier molecular flexibility index (Phi) is 7.27. The van der Waals surface area contributed by atoms with Crippen LogP contribution in [0.25, 0.3) is 0 Å². The summed E-state index contributed by atoms with van der Waals surface area (Å²) in [6, 6.07) is 0. The largest absolute Gasteiger partial charge is 0.488 e. The molecule has 0 aliphatic carbocycles. The van der Waals surface area contributed by atoms with Gasteiger partial charge in [-0.05, 0) is 13.3 Å². The molecule has 5 atom stereocenters. The zero-order valence-electron chi connectivity index (χ0n) is 14.7. The highest BCUT2D eigenvalue weighted by Crippen LogP contribution is 2.25. The van der Waals surface area contributed by atoms with Crippen LogP contribution in [0, 0.1) is 0 Å². The Morgan fingerprint density at radius 3 is 2.48 bits per heavy atom. The highest BCUT2D eigenvalue weighted by molar-refractivity contribution is 5.66. The summed E-state index contributed by atoms with van der Waals surface area (Å²) in [6.45, 7) is 1.92. The zero-order chi connectivity index (χ0) is 20.1. The second-order valence-corrected chi connectivity index (χ2v) is 6.04. The number of ether oxygens (including phenoxy) is 3. The van der Waals surface area contributed by atoms with E-state index in [0.29, 0.717) is 0 Å². The van der Waals surface area contributed by atoms with Gasteiger partial charge in [0.15, 0.2) is 12.0 Å². The molecule has 11 heteroatoms. The molecule has 5 N–H and O–H groups in total. The monoisotopic (exact) mass is 389 g/mol. The molecule has 1 aliphatic rings. The molecular formula is C16H23NO10. The smallest absolute Gasteiger partial charge is 0.303 e. The Morgan fingerprint density at radius 2 is 1.85 bits per heavy atom. The molecule has 27 heavy (non-hydrogen) atoms. The van der Waals surface area contributed by atoms with E-state index in [0.717, 1.165) is 0 Å². The van der Waals surface area contributed by atoms with Crippen molar-refractivity contribution in [2.45, 2.75) is 50.5 Å². The predicted octanol–water partition coefficient (Wildman–Crippen LogP) is -2.22. The van der Waals surface area contributed by atoms with Crippen molar-refractivity contribution in [2.75, 3.05) is 25.1 Å². The van der Waals surface area contributed by atoms with E-state index >= 15 is 0 Å². The lowest BCUT2D eigenvalue weighted by atomic mass is 9.96. The minimum atomic E-state index is -1.56. The summed E-state index contributed by atoms with van der Waals surface area (Å²) >= 11 is 0. The SMILES string of the molecule is CCOc1c(NCCO[C@H]2OC(CCC(=O)O)[C@@H](O)[C@H](O)C2O)c(=O)c1=O. The second kappa shape index (κ2) is 9.24. The Hall–Kier alpha value is -2.05. The van der Waals surface area contributed by atoms with Crippen LogP contribution < -0.4 is 20.9 Å². The number of nitrogens with one attached hydrogen (secondary N) is 1. The molecule has 1 saturated heterocycles. The summed E-state index contributed by atoms with van der Waals surface area (Å²) < 4.78 is 15.7. The maximum Gasteiger partial charge on any atom is 0.303 e. The van der Waals surface area contributed by atoms with Crippen molar-refractivity contribution < 1.29 is 39.4 Å². The molecule has 0 saturated carbocycles. The van der Waals surface area contributed by atoms with E-state index in [-0.39, 0.29) is 44.0 Å². The summed E-state index contributed by atoms with van der Waals surface area (Å²) in [5.74, 6) is -1.13. The molecule has 0 amide bonds. The number of anilines is 1. The number of carboxylic acid groups (broad SMARTS) is 1. The highest BCUT2D eigenvalue weighted by atomic mass is 16.7. The van der Waals surface area contributed by atoms with Gasteiger partial charge < -0.3 is 40.0 Å². The van der Waals surface area contributed by atoms with Crippen molar-refractivity contribution in [1.29, 1.82) is 0 Å². The summed E-state index contributed by atoms with van der Waals surface area (Å²) in [5, 5.41) is 41.1. The van der Waals surface area contributed by atoms with Crippen LogP contribution in [0.15, 0.2) is 9.59 Å². The van der Waals surface area contributed by atoms with E-state index in [1.165, 1.54) is 0 Å². The Balaban J connectivity index is 1.85. The van der Waals surface area contributed by atoms with Crippen molar-refractivity contribution in [3.63, 3.8) is 0 Å². The summed E-state index contributed by atoms with van der Waals surface area (Å²) in [6.07, 6.45) is -7.21. The molecule has 1 fully saturated rings. The number of hydrogen-bond acceptors (Lipinski definition) is 10. The van der Waals surface area contributed by atoms with Crippen molar-refractivity contribution in [2.24, 2.45) is 0 Å². The second-order valence-electron chi connectivity index (χ2n) is 6.04. The van der Waals surface area contributed by atoms with Crippen LogP contribution in [-0.4, -0.2) is 76.9 Å². The molecule has 0 bridgehead atoms. The van der Waals surface area contributed by atoms with Gasteiger partial charge in [-0.2, -0.15) is 0 Å². The van der Waals surface area contributed by atoms with Crippen LogP contribution in [0.2, 0.25) is 0 Å². The van der Waals surface area contributed by atoms with Gasteiger partial charge in [-0.3, -0.25) is 14.4 Å². The molecule has 0 spiro atoms. The predicted molar refractivity (Wildman–Crippen MR) is 90.5 cm³/mol. The van der Waals surface area contributed by atoms with Gasteiger partial charge in [-0.25, -0.2) is 0 Å². The quantitative estimate of drug-likeness (QED) is 0.217. The van der Waals surface area contributed by atoms with Crippen molar-refractivity contribution in [3.05, 3.63) is 20.4 Å². The number of rotatable bonds is 10.